The Bertz CT molecular complexity index is 422. The van der Waals surface area contributed by atoms with Crippen LogP contribution in [0, 0.1) is 12.4 Å². The van der Waals surface area contributed by atoms with E-state index in [0.29, 0.717) is 0 Å². The number of aromatic nitrogens is 1. The third kappa shape index (κ3) is 1.74. The van der Waals surface area contributed by atoms with Crippen molar-refractivity contribution in [1.29, 1.82) is 0 Å². The molecule has 0 N–H and O–H groups in total. The molecule has 1 aromatic carbocycles. The first-order valence-electron chi connectivity index (χ1n) is 3.87. The Morgan fingerprint density at radius 1 is 1.46 bits per heavy atom. The van der Waals surface area contributed by atoms with Gasteiger partial charge in [-0.05, 0) is 24.6 Å². The van der Waals surface area contributed by atoms with Crippen molar-refractivity contribution >= 4 is 22.9 Å². The number of nitrogens with zero attached hydrogens (tertiary/aromatic N) is 1. The summed E-state index contributed by atoms with van der Waals surface area (Å²) in [7, 11) is 0. The van der Waals surface area contributed by atoms with Crippen molar-refractivity contribution in [3.63, 3.8) is 0 Å². The monoisotopic (exact) mass is 208 g/mol. The minimum absolute atomic E-state index is 0.755. The molecule has 0 bridgehead atoms. The molecular weight excluding hydrogens is 202 g/mol. The second kappa shape index (κ2) is 3.48. The summed E-state index contributed by atoms with van der Waals surface area (Å²) in [6.45, 7) is 1.98. The van der Waals surface area contributed by atoms with Crippen LogP contribution in [0.4, 0.5) is 0 Å². The molecule has 1 radical (unpaired) electrons. The van der Waals surface area contributed by atoms with E-state index in [0.717, 1.165) is 21.2 Å². The van der Waals surface area contributed by atoms with E-state index in [4.69, 9.17) is 11.6 Å². The van der Waals surface area contributed by atoms with E-state index in [-0.39, 0.29) is 0 Å². The average molecular weight is 209 g/mol. The van der Waals surface area contributed by atoms with Crippen LogP contribution in [0.3, 0.4) is 0 Å². The SMILES string of the molecule is Cc1n[c]sc1-c1cccc(Cl)c1. The molecule has 3 heteroatoms. The second-order valence-electron chi connectivity index (χ2n) is 2.73. The fraction of sp³-hybridized carbons (Fsp3) is 0.100. The van der Waals surface area contributed by atoms with Crippen molar-refractivity contribution in [2.75, 3.05) is 0 Å². The van der Waals surface area contributed by atoms with E-state index in [2.05, 4.69) is 10.5 Å². The summed E-state index contributed by atoms with van der Waals surface area (Å²) in [5.41, 5.74) is 4.99. The van der Waals surface area contributed by atoms with E-state index in [1.165, 1.54) is 11.3 Å². The molecule has 0 unspecified atom stereocenters. The standard InChI is InChI=1S/C10H7ClNS/c1-7-10(13-6-12-7)8-3-2-4-9(11)5-8/h2-5H,1H3. The van der Waals surface area contributed by atoms with Crippen LogP contribution in [-0.2, 0) is 0 Å². The summed E-state index contributed by atoms with van der Waals surface area (Å²) in [6.07, 6.45) is 0. The maximum Gasteiger partial charge on any atom is 0.153 e. The third-order valence-electron chi connectivity index (χ3n) is 1.78. The molecule has 2 rings (SSSR count). The van der Waals surface area contributed by atoms with Crippen molar-refractivity contribution < 1.29 is 0 Å². The molecule has 1 heterocycles. The topological polar surface area (TPSA) is 12.9 Å². The van der Waals surface area contributed by atoms with E-state index in [9.17, 15) is 0 Å². The maximum absolute atomic E-state index is 5.89. The fourth-order valence-corrected chi connectivity index (χ4v) is 2.06. The molecular formula is C10H7ClNS. The van der Waals surface area contributed by atoms with Crippen molar-refractivity contribution in [2.45, 2.75) is 6.92 Å². The van der Waals surface area contributed by atoms with Crippen molar-refractivity contribution in [2.24, 2.45) is 0 Å². The highest BCUT2D eigenvalue weighted by Crippen LogP contribution is 2.28. The number of hydrogen-bond donors (Lipinski definition) is 0. The van der Waals surface area contributed by atoms with Gasteiger partial charge in [0, 0.05) is 5.02 Å². The fourth-order valence-electron chi connectivity index (χ4n) is 1.16. The van der Waals surface area contributed by atoms with Crippen LogP contribution in [0.2, 0.25) is 5.02 Å². The average Bonchev–Trinajstić information content (AvgIpc) is 2.51. The zero-order valence-electron chi connectivity index (χ0n) is 7.04. The Morgan fingerprint density at radius 3 is 2.92 bits per heavy atom. The lowest BCUT2D eigenvalue weighted by Gasteiger charge is -1.98. The Balaban J connectivity index is 2.53. The van der Waals surface area contributed by atoms with E-state index < -0.39 is 0 Å². The zero-order valence-corrected chi connectivity index (χ0v) is 8.62. The predicted octanol–water partition coefficient (Wildman–Crippen LogP) is 3.57. The first-order valence-corrected chi connectivity index (χ1v) is 5.06. The van der Waals surface area contributed by atoms with Crippen molar-refractivity contribution in [3.8, 4) is 10.4 Å². The predicted molar refractivity (Wildman–Crippen MR) is 56.1 cm³/mol. The highest BCUT2D eigenvalue weighted by molar-refractivity contribution is 7.13. The number of benzene rings is 1. The Hall–Kier alpha value is -0.860. The largest absolute Gasteiger partial charge is 0.238 e. The van der Waals surface area contributed by atoms with Crippen LogP contribution >= 0.6 is 22.9 Å². The smallest absolute Gasteiger partial charge is 0.153 e. The molecule has 0 aliphatic heterocycles. The lowest BCUT2D eigenvalue weighted by molar-refractivity contribution is 1.26. The maximum atomic E-state index is 5.89. The van der Waals surface area contributed by atoms with Gasteiger partial charge in [-0.25, -0.2) is 4.98 Å². The molecule has 0 amide bonds. The highest BCUT2D eigenvalue weighted by atomic mass is 35.5. The normalized spacial score (nSPS) is 10.3. The summed E-state index contributed by atoms with van der Waals surface area (Å²) >= 11 is 7.40. The molecule has 0 atom stereocenters. The van der Waals surface area contributed by atoms with Gasteiger partial charge in [-0.3, -0.25) is 0 Å². The number of thiazole rings is 1. The van der Waals surface area contributed by atoms with Crippen LogP contribution in [0.15, 0.2) is 24.3 Å². The van der Waals surface area contributed by atoms with Gasteiger partial charge in [-0.15, -0.1) is 11.3 Å². The number of hydrogen-bond acceptors (Lipinski definition) is 2. The Kier molecular flexibility index (Phi) is 2.34. The van der Waals surface area contributed by atoms with Gasteiger partial charge in [-0.1, -0.05) is 23.7 Å². The van der Waals surface area contributed by atoms with Gasteiger partial charge in [0.2, 0.25) is 0 Å². The molecule has 0 fully saturated rings. The van der Waals surface area contributed by atoms with Crippen LogP contribution in [-0.4, -0.2) is 4.98 Å². The quantitative estimate of drug-likeness (QED) is 0.698. The first-order chi connectivity index (χ1) is 6.27. The summed E-state index contributed by atoms with van der Waals surface area (Å²) in [4.78, 5) is 5.21. The van der Waals surface area contributed by atoms with Gasteiger partial charge in [0.1, 0.15) is 0 Å². The third-order valence-corrected chi connectivity index (χ3v) is 2.93. The minimum atomic E-state index is 0.755. The molecule has 0 aliphatic rings. The van der Waals surface area contributed by atoms with Crippen LogP contribution in [0.5, 0.6) is 0 Å². The van der Waals surface area contributed by atoms with Gasteiger partial charge in [0.25, 0.3) is 0 Å². The molecule has 0 aliphatic carbocycles. The van der Waals surface area contributed by atoms with Gasteiger partial charge < -0.3 is 0 Å². The molecule has 0 spiro atoms. The molecule has 65 valence electrons. The van der Waals surface area contributed by atoms with E-state index in [1.54, 1.807) is 0 Å². The summed E-state index contributed by atoms with van der Waals surface area (Å²) < 4.78 is 0. The van der Waals surface area contributed by atoms with Gasteiger partial charge in [0.15, 0.2) is 5.51 Å². The Morgan fingerprint density at radius 2 is 2.31 bits per heavy atom. The van der Waals surface area contributed by atoms with Crippen LogP contribution < -0.4 is 0 Å². The van der Waals surface area contributed by atoms with Gasteiger partial charge in [-0.2, -0.15) is 0 Å². The number of halogens is 1. The van der Waals surface area contributed by atoms with Gasteiger partial charge >= 0.3 is 0 Å². The first kappa shape index (κ1) is 8.73. The Labute approximate surface area is 86.0 Å². The molecule has 2 aromatic rings. The van der Waals surface area contributed by atoms with E-state index in [1.807, 2.05) is 31.2 Å². The molecule has 1 aromatic heterocycles. The van der Waals surface area contributed by atoms with Crippen molar-refractivity contribution in [1.82, 2.24) is 4.98 Å². The van der Waals surface area contributed by atoms with E-state index >= 15 is 0 Å². The molecule has 13 heavy (non-hydrogen) atoms. The number of aryl methyl sites for hydroxylation is 1. The van der Waals surface area contributed by atoms with Gasteiger partial charge in [0.05, 0.1) is 10.6 Å². The van der Waals surface area contributed by atoms with Crippen LogP contribution in [0.1, 0.15) is 5.69 Å². The molecule has 1 nitrogen and oxygen atoms in total. The summed E-state index contributed by atoms with van der Waals surface area (Å²) in [5, 5.41) is 0.755. The van der Waals surface area contributed by atoms with Crippen molar-refractivity contribution in [3.05, 3.63) is 40.5 Å². The lowest BCUT2D eigenvalue weighted by Crippen LogP contribution is -1.76. The number of rotatable bonds is 1. The molecule has 0 saturated carbocycles. The second-order valence-corrected chi connectivity index (χ2v) is 3.96. The zero-order chi connectivity index (χ0) is 9.26. The molecule has 0 saturated heterocycles. The van der Waals surface area contributed by atoms with Crippen LogP contribution in [0.25, 0.3) is 10.4 Å². The highest BCUT2D eigenvalue weighted by Gasteiger charge is 2.04. The summed E-state index contributed by atoms with van der Waals surface area (Å²) in [6, 6.07) is 7.78. The lowest BCUT2D eigenvalue weighted by atomic mass is 10.2. The summed E-state index contributed by atoms with van der Waals surface area (Å²) in [5.74, 6) is 0. The minimum Gasteiger partial charge on any atom is -0.238 e.